The molecule has 3 heterocycles. The van der Waals surface area contributed by atoms with Gasteiger partial charge in [0.1, 0.15) is 17.5 Å². The maximum atomic E-state index is 14.1. The predicted octanol–water partition coefficient (Wildman–Crippen LogP) is 4.18. The number of aryl methyl sites for hydroxylation is 2. The number of carbonyl (C=O) groups is 3. The molecule has 3 amide bonds. The van der Waals surface area contributed by atoms with Gasteiger partial charge in [0, 0.05) is 18.3 Å². The highest BCUT2D eigenvalue weighted by atomic mass is 19.1. The molecule has 1 saturated carbocycles. The molecule has 7 nitrogen and oxygen atoms in total. The molecule has 0 radical (unpaired) electrons. The molecule has 2 aromatic rings. The first-order chi connectivity index (χ1) is 18.8. The Labute approximate surface area is 227 Å². The summed E-state index contributed by atoms with van der Waals surface area (Å²) in [6, 6.07) is 10.7. The first-order valence-corrected chi connectivity index (χ1v) is 13.9. The van der Waals surface area contributed by atoms with Crippen LogP contribution in [0.15, 0.2) is 54.6 Å². The number of anilines is 1. The molecule has 5 atom stereocenters. The van der Waals surface area contributed by atoms with Gasteiger partial charge in [-0.25, -0.2) is 4.39 Å². The smallest absolute Gasteiger partial charge is 0.246 e. The van der Waals surface area contributed by atoms with Crippen molar-refractivity contribution in [2.45, 2.75) is 76.3 Å². The van der Waals surface area contributed by atoms with Crippen LogP contribution in [0.5, 0.6) is 0 Å². The quantitative estimate of drug-likeness (QED) is 0.548. The van der Waals surface area contributed by atoms with Crippen molar-refractivity contribution < 1.29 is 23.5 Å². The molecule has 2 N–H and O–H groups in total. The molecule has 1 spiro atoms. The zero-order chi connectivity index (χ0) is 27.3. The zero-order valence-corrected chi connectivity index (χ0v) is 22.3. The summed E-state index contributed by atoms with van der Waals surface area (Å²) >= 11 is 0. The van der Waals surface area contributed by atoms with Crippen LogP contribution in [0.1, 0.15) is 48.8 Å². The summed E-state index contributed by atoms with van der Waals surface area (Å²) in [5.41, 5.74) is 2.30. The molecule has 6 rings (SSSR count). The highest BCUT2D eigenvalue weighted by Crippen LogP contribution is 2.55. The molecular weight excluding hydrogens is 497 g/mol. The minimum Gasteiger partial charge on any atom is -0.359 e. The second-order valence-corrected chi connectivity index (χ2v) is 11.4. The number of rotatable bonds is 6. The Morgan fingerprint density at radius 1 is 1.03 bits per heavy atom. The van der Waals surface area contributed by atoms with Crippen LogP contribution in [-0.2, 0) is 25.7 Å². The molecule has 39 heavy (non-hydrogen) atoms. The van der Waals surface area contributed by atoms with Crippen molar-refractivity contribution in [2.75, 3.05) is 5.32 Å². The number of nitrogens with one attached hydrogen (secondary N) is 2. The second-order valence-electron chi connectivity index (χ2n) is 11.4. The van der Waals surface area contributed by atoms with Crippen LogP contribution in [0.2, 0.25) is 0 Å². The summed E-state index contributed by atoms with van der Waals surface area (Å²) in [6.07, 6.45) is 8.11. The second kappa shape index (κ2) is 9.90. The van der Waals surface area contributed by atoms with Gasteiger partial charge in [0.2, 0.25) is 17.7 Å². The zero-order valence-electron chi connectivity index (χ0n) is 22.3. The van der Waals surface area contributed by atoms with Gasteiger partial charge in [-0.3, -0.25) is 14.4 Å². The van der Waals surface area contributed by atoms with E-state index < -0.39 is 29.6 Å². The lowest BCUT2D eigenvalue weighted by atomic mass is 9.74. The molecule has 2 bridgehead atoms. The minimum atomic E-state index is -1.23. The maximum Gasteiger partial charge on any atom is 0.246 e. The molecule has 0 aromatic heterocycles. The average molecular weight is 532 g/mol. The van der Waals surface area contributed by atoms with Crippen molar-refractivity contribution in [3.8, 4) is 0 Å². The molecule has 1 aliphatic carbocycles. The van der Waals surface area contributed by atoms with Crippen molar-refractivity contribution in [3.05, 3.63) is 77.1 Å². The van der Waals surface area contributed by atoms with E-state index in [4.69, 9.17) is 4.74 Å². The molecule has 3 aliphatic heterocycles. The van der Waals surface area contributed by atoms with E-state index in [0.29, 0.717) is 11.3 Å². The number of halogens is 1. The lowest BCUT2D eigenvalue weighted by Gasteiger charge is -2.34. The van der Waals surface area contributed by atoms with Gasteiger partial charge in [0.25, 0.3) is 0 Å². The third-order valence-corrected chi connectivity index (χ3v) is 8.92. The molecule has 8 heteroatoms. The largest absolute Gasteiger partial charge is 0.359 e. The SMILES string of the molecule is Cc1ccc(NC(=O)C2C3C=CC4(O3)C2C(=O)N(Cc2ccc(F)cc2)C4C(=O)NC2CCCCC2)cc1C. The normalized spacial score (nSPS) is 29.5. The number of hydrogen-bond acceptors (Lipinski definition) is 4. The lowest BCUT2D eigenvalue weighted by molar-refractivity contribution is -0.142. The Balaban J connectivity index is 1.32. The number of amides is 3. The van der Waals surface area contributed by atoms with Crippen molar-refractivity contribution in [1.82, 2.24) is 10.2 Å². The fourth-order valence-corrected chi connectivity index (χ4v) is 6.80. The molecule has 4 aliphatic rings. The van der Waals surface area contributed by atoms with E-state index in [1.54, 1.807) is 12.1 Å². The number of likely N-dealkylation sites (tertiary alicyclic amines) is 1. The number of nitrogens with zero attached hydrogens (tertiary/aromatic N) is 1. The van der Waals surface area contributed by atoms with Crippen LogP contribution in [0.4, 0.5) is 10.1 Å². The molecule has 3 fully saturated rings. The van der Waals surface area contributed by atoms with Gasteiger partial charge in [0.05, 0.1) is 17.9 Å². The van der Waals surface area contributed by atoms with Crippen molar-refractivity contribution in [3.63, 3.8) is 0 Å². The number of fused-ring (bicyclic) bond motifs is 1. The Bertz CT molecular complexity index is 1340. The van der Waals surface area contributed by atoms with Crippen molar-refractivity contribution >= 4 is 23.4 Å². The molecule has 5 unspecified atom stereocenters. The van der Waals surface area contributed by atoms with Gasteiger partial charge >= 0.3 is 0 Å². The summed E-state index contributed by atoms with van der Waals surface area (Å²) in [6.45, 7) is 4.10. The predicted molar refractivity (Wildman–Crippen MR) is 144 cm³/mol. The van der Waals surface area contributed by atoms with Crippen LogP contribution >= 0.6 is 0 Å². The third kappa shape index (κ3) is 4.44. The molecule has 2 aromatic carbocycles. The minimum absolute atomic E-state index is 0.0518. The van der Waals surface area contributed by atoms with Crippen LogP contribution in [0.3, 0.4) is 0 Å². The van der Waals surface area contributed by atoms with Gasteiger partial charge in [-0.05, 0) is 67.6 Å². The monoisotopic (exact) mass is 531 g/mol. The summed E-state index contributed by atoms with van der Waals surface area (Å²) in [5, 5.41) is 6.17. The summed E-state index contributed by atoms with van der Waals surface area (Å²) in [4.78, 5) is 43.2. The van der Waals surface area contributed by atoms with Crippen LogP contribution in [0.25, 0.3) is 0 Å². The van der Waals surface area contributed by atoms with Crippen LogP contribution in [0, 0.1) is 31.5 Å². The third-order valence-electron chi connectivity index (χ3n) is 8.92. The number of ether oxygens (including phenoxy) is 1. The van der Waals surface area contributed by atoms with E-state index in [9.17, 15) is 18.8 Å². The van der Waals surface area contributed by atoms with Gasteiger partial charge in [-0.1, -0.05) is 49.6 Å². The fraction of sp³-hybridized carbons (Fsp3) is 0.452. The van der Waals surface area contributed by atoms with Gasteiger partial charge in [0.15, 0.2) is 0 Å². The van der Waals surface area contributed by atoms with E-state index in [1.165, 1.54) is 17.0 Å². The van der Waals surface area contributed by atoms with Crippen molar-refractivity contribution in [1.29, 1.82) is 0 Å². The number of benzene rings is 2. The topological polar surface area (TPSA) is 87.7 Å². The molecule has 2 saturated heterocycles. The highest BCUT2D eigenvalue weighted by molar-refractivity contribution is 6.02. The lowest BCUT2D eigenvalue weighted by Crippen LogP contribution is -2.56. The van der Waals surface area contributed by atoms with Gasteiger partial charge in [-0.15, -0.1) is 0 Å². The van der Waals surface area contributed by atoms with Crippen LogP contribution < -0.4 is 10.6 Å². The number of hydrogen-bond donors (Lipinski definition) is 2. The van der Waals surface area contributed by atoms with Crippen molar-refractivity contribution in [2.24, 2.45) is 11.8 Å². The Hall–Kier alpha value is -3.52. The first-order valence-electron chi connectivity index (χ1n) is 13.9. The first kappa shape index (κ1) is 25.7. The van der Waals surface area contributed by atoms with E-state index in [2.05, 4.69) is 10.6 Å². The van der Waals surface area contributed by atoms with E-state index in [0.717, 1.165) is 43.2 Å². The average Bonchev–Trinajstić information content (AvgIpc) is 3.56. The summed E-state index contributed by atoms with van der Waals surface area (Å²) in [5.74, 6) is -2.84. The van der Waals surface area contributed by atoms with E-state index in [1.807, 2.05) is 44.2 Å². The summed E-state index contributed by atoms with van der Waals surface area (Å²) in [7, 11) is 0. The molecule has 204 valence electrons. The highest BCUT2D eigenvalue weighted by Gasteiger charge is 2.72. The Morgan fingerprint density at radius 2 is 1.77 bits per heavy atom. The molecular formula is C31H34FN3O4. The Kier molecular flexibility index (Phi) is 6.53. The van der Waals surface area contributed by atoms with Gasteiger partial charge < -0.3 is 20.3 Å². The Morgan fingerprint density at radius 3 is 2.49 bits per heavy atom. The fourth-order valence-electron chi connectivity index (χ4n) is 6.80. The maximum absolute atomic E-state index is 14.1. The van der Waals surface area contributed by atoms with E-state index >= 15 is 0 Å². The van der Waals surface area contributed by atoms with E-state index in [-0.39, 0.29) is 36.1 Å². The van der Waals surface area contributed by atoms with Crippen LogP contribution in [-0.4, -0.2) is 46.4 Å². The summed E-state index contributed by atoms with van der Waals surface area (Å²) < 4.78 is 20.0. The van der Waals surface area contributed by atoms with Gasteiger partial charge in [-0.2, -0.15) is 0 Å². The standard InChI is InChI=1S/C31H34FN3O4/c1-18-8-13-23(16-19(18)2)34-28(36)25-24-14-15-31(39-24)26(25)30(38)35(17-20-9-11-21(32)12-10-20)27(31)29(37)33-22-6-4-3-5-7-22/h8-16,22,24-27H,3-7,17H2,1-2H3,(H,33,37)(H,34,36). The number of carbonyl (C=O) groups excluding carboxylic acids is 3.